The molecule has 0 atom stereocenters. The zero-order valence-electron chi connectivity index (χ0n) is 20.5. The number of hydrogen-bond donors (Lipinski definition) is 0. The van der Waals surface area contributed by atoms with E-state index in [4.69, 9.17) is 0 Å². The largest absolute Gasteiger partial charge is 0.303 e. The molecular formula is C25H13BF15N. The Morgan fingerprint density at radius 3 is 0.667 bits per heavy atom. The standard InChI is InChI=1S/C18BF15.C7H13N/c20-4-1(5(21)11(27)16(32)10(4)26)19(2-6(22)12(28)17(33)13(29)7(2)23)3-8(24)14(30)18(34)15(31)9(3)25;1-4-8-5-2-7(1)3-6-8/h;7H,1-6H2. The molecule has 3 heterocycles. The van der Waals surface area contributed by atoms with Gasteiger partial charge in [-0.15, -0.1) is 0 Å². The maximum absolute atomic E-state index is 14.4. The van der Waals surface area contributed by atoms with Crippen molar-refractivity contribution in [3.05, 3.63) is 87.3 Å². The van der Waals surface area contributed by atoms with Gasteiger partial charge in [-0.05, 0) is 44.8 Å². The summed E-state index contributed by atoms with van der Waals surface area (Å²) in [5, 5.41) is 0. The summed E-state index contributed by atoms with van der Waals surface area (Å²) in [5.74, 6) is -44.1. The number of hydrogen-bond acceptors (Lipinski definition) is 1. The molecule has 0 aromatic heterocycles. The molecular weight excluding hydrogens is 610 g/mol. The van der Waals surface area contributed by atoms with Crippen molar-refractivity contribution in [3.63, 3.8) is 0 Å². The molecule has 3 aromatic carbocycles. The van der Waals surface area contributed by atoms with Crippen LogP contribution in [0.4, 0.5) is 65.9 Å². The van der Waals surface area contributed by atoms with Gasteiger partial charge in [0.15, 0.2) is 87.3 Å². The van der Waals surface area contributed by atoms with Gasteiger partial charge in [0.1, 0.15) is 0 Å². The smallest absolute Gasteiger partial charge is 0.265 e. The van der Waals surface area contributed by atoms with Crippen LogP contribution in [-0.4, -0.2) is 31.2 Å². The molecule has 3 aromatic rings. The lowest BCUT2D eigenvalue weighted by atomic mass is 9.36. The third-order valence-electron chi connectivity index (χ3n) is 7.16. The van der Waals surface area contributed by atoms with Crippen LogP contribution in [0, 0.1) is 93.2 Å². The molecule has 6 rings (SSSR count). The molecule has 3 saturated heterocycles. The van der Waals surface area contributed by atoms with E-state index in [9.17, 15) is 65.9 Å². The van der Waals surface area contributed by atoms with Gasteiger partial charge in [-0.2, -0.15) is 0 Å². The molecule has 0 unspecified atom stereocenters. The quantitative estimate of drug-likeness (QED) is 0.164. The maximum atomic E-state index is 14.4. The fourth-order valence-corrected chi connectivity index (χ4v) is 4.92. The van der Waals surface area contributed by atoms with E-state index in [-0.39, 0.29) is 0 Å². The third kappa shape index (κ3) is 5.09. The molecule has 0 saturated carbocycles. The average molecular weight is 623 g/mol. The molecule has 17 heteroatoms. The number of benzene rings is 3. The highest BCUT2D eigenvalue weighted by molar-refractivity contribution is 6.95. The summed E-state index contributed by atoms with van der Waals surface area (Å²) in [4.78, 5) is 2.58. The Bertz CT molecular complexity index is 1290. The van der Waals surface area contributed by atoms with Gasteiger partial charge < -0.3 is 4.90 Å². The van der Waals surface area contributed by atoms with Crippen LogP contribution in [-0.2, 0) is 0 Å². The highest BCUT2D eigenvalue weighted by Gasteiger charge is 2.45. The predicted molar refractivity (Wildman–Crippen MR) is 117 cm³/mol. The summed E-state index contributed by atoms with van der Waals surface area (Å²) in [5.41, 5.74) is -8.03. The van der Waals surface area contributed by atoms with E-state index in [2.05, 4.69) is 4.90 Å². The highest BCUT2D eigenvalue weighted by atomic mass is 19.2. The molecule has 2 bridgehead atoms. The molecule has 0 radical (unpaired) electrons. The first-order chi connectivity index (χ1) is 19.6. The molecule has 3 fully saturated rings. The third-order valence-corrected chi connectivity index (χ3v) is 7.16. The highest BCUT2D eigenvalue weighted by Crippen LogP contribution is 2.26. The SMILES string of the molecule is C1CN2CCC1CC2.Fc1c(F)c(F)c(B(c2c(F)c(F)c(F)c(F)c2F)c2c(F)c(F)c(F)c(F)c2F)c(F)c1F. The molecule has 226 valence electrons. The summed E-state index contributed by atoms with van der Waals surface area (Å²) in [6.07, 6.45) is 4.46. The minimum Gasteiger partial charge on any atom is -0.303 e. The Morgan fingerprint density at radius 2 is 0.524 bits per heavy atom. The molecule has 0 N–H and O–H groups in total. The van der Waals surface area contributed by atoms with Crippen molar-refractivity contribution < 1.29 is 65.9 Å². The Balaban J connectivity index is 0.000000429. The summed E-state index contributed by atoms with van der Waals surface area (Å²) in [7, 11) is 0. The van der Waals surface area contributed by atoms with Crippen molar-refractivity contribution in [2.75, 3.05) is 19.6 Å². The van der Waals surface area contributed by atoms with Crippen molar-refractivity contribution in [2.24, 2.45) is 5.92 Å². The minimum atomic E-state index is -3.96. The fourth-order valence-electron chi connectivity index (χ4n) is 4.92. The lowest BCUT2D eigenvalue weighted by Gasteiger charge is -2.38. The van der Waals surface area contributed by atoms with E-state index in [1.165, 1.54) is 38.9 Å². The normalized spacial score (nSPS) is 17.8. The van der Waals surface area contributed by atoms with Crippen molar-refractivity contribution in [1.82, 2.24) is 4.90 Å². The Labute approximate surface area is 226 Å². The molecule has 0 spiro atoms. The van der Waals surface area contributed by atoms with Gasteiger partial charge in [0.25, 0.3) is 6.71 Å². The Hall–Kier alpha value is -3.37. The van der Waals surface area contributed by atoms with Crippen LogP contribution in [0.2, 0.25) is 0 Å². The molecule has 0 amide bonds. The number of rotatable bonds is 3. The van der Waals surface area contributed by atoms with E-state index in [0.717, 1.165) is 5.92 Å². The molecule has 3 aliphatic rings. The topological polar surface area (TPSA) is 3.24 Å². The lowest BCUT2D eigenvalue weighted by Crippen LogP contribution is -2.60. The van der Waals surface area contributed by atoms with Crippen LogP contribution < -0.4 is 16.4 Å². The number of piperidine rings is 3. The fraction of sp³-hybridized carbons (Fsp3) is 0.280. The van der Waals surface area contributed by atoms with Crippen molar-refractivity contribution in [1.29, 1.82) is 0 Å². The summed E-state index contributed by atoms with van der Waals surface area (Å²) < 4.78 is 209. The van der Waals surface area contributed by atoms with E-state index in [0.29, 0.717) is 0 Å². The van der Waals surface area contributed by atoms with Crippen LogP contribution >= 0.6 is 0 Å². The Morgan fingerprint density at radius 1 is 0.333 bits per heavy atom. The summed E-state index contributed by atoms with van der Waals surface area (Å²) in [6, 6.07) is 0. The van der Waals surface area contributed by atoms with Crippen molar-refractivity contribution in [3.8, 4) is 0 Å². The summed E-state index contributed by atoms with van der Waals surface area (Å²) >= 11 is 0. The first-order valence-corrected chi connectivity index (χ1v) is 11.9. The van der Waals surface area contributed by atoms with Crippen LogP contribution in [0.25, 0.3) is 0 Å². The van der Waals surface area contributed by atoms with Crippen LogP contribution in [0.15, 0.2) is 0 Å². The number of halogens is 15. The number of fused-ring (bicyclic) bond motifs is 3. The summed E-state index contributed by atoms with van der Waals surface area (Å²) in [6.45, 7) is 0.221. The van der Waals surface area contributed by atoms with Gasteiger partial charge in [0.2, 0.25) is 0 Å². The zero-order chi connectivity index (χ0) is 31.4. The minimum absolute atomic E-state index is 1.11. The second-order valence-electron chi connectivity index (χ2n) is 9.46. The predicted octanol–water partition coefficient (Wildman–Crippen LogP) is 5.39. The van der Waals surface area contributed by atoms with E-state index >= 15 is 0 Å². The lowest BCUT2D eigenvalue weighted by molar-refractivity contribution is 0.111. The van der Waals surface area contributed by atoms with E-state index < -0.39 is 110 Å². The first-order valence-electron chi connectivity index (χ1n) is 11.9. The molecule has 42 heavy (non-hydrogen) atoms. The number of nitrogens with zero attached hydrogens (tertiary/aromatic N) is 1. The van der Waals surface area contributed by atoms with E-state index in [1.807, 2.05) is 0 Å². The zero-order valence-corrected chi connectivity index (χ0v) is 20.5. The van der Waals surface area contributed by atoms with Crippen molar-refractivity contribution in [2.45, 2.75) is 19.3 Å². The Kier molecular flexibility index (Phi) is 8.81. The van der Waals surface area contributed by atoms with Crippen LogP contribution in [0.1, 0.15) is 19.3 Å². The van der Waals surface area contributed by atoms with Gasteiger partial charge in [0.05, 0.1) is 0 Å². The van der Waals surface area contributed by atoms with Crippen molar-refractivity contribution >= 4 is 23.1 Å². The van der Waals surface area contributed by atoms with Gasteiger partial charge >= 0.3 is 0 Å². The van der Waals surface area contributed by atoms with Crippen LogP contribution in [0.3, 0.4) is 0 Å². The van der Waals surface area contributed by atoms with E-state index in [1.54, 1.807) is 0 Å². The van der Waals surface area contributed by atoms with Gasteiger partial charge in [0, 0.05) is 16.4 Å². The van der Waals surface area contributed by atoms with Gasteiger partial charge in [-0.1, -0.05) is 0 Å². The monoisotopic (exact) mass is 623 g/mol. The van der Waals surface area contributed by atoms with Gasteiger partial charge in [-0.3, -0.25) is 0 Å². The maximum Gasteiger partial charge on any atom is 0.265 e. The molecule has 3 aliphatic heterocycles. The molecule has 1 nitrogen and oxygen atoms in total. The molecule has 0 aliphatic carbocycles. The average Bonchev–Trinajstić information content (AvgIpc) is 3.00. The van der Waals surface area contributed by atoms with Gasteiger partial charge in [-0.25, -0.2) is 65.9 Å². The second kappa shape index (κ2) is 11.7. The second-order valence-corrected chi connectivity index (χ2v) is 9.46. The van der Waals surface area contributed by atoms with Crippen LogP contribution in [0.5, 0.6) is 0 Å². The first kappa shape index (κ1) is 31.6.